The maximum atomic E-state index is 12.5. The Kier molecular flexibility index (Phi) is 5.53. The van der Waals surface area contributed by atoms with Crippen LogP contribution < -0.4 is 10.2 Å². The highest BCUT2D eigenvalue weighted by atomic mass is 16.3. The van der Waals surface area contributed by atoms with Gasteiger partial charge < -0.3 is 15.3 Å². The van der Waals surface area contributed by atoms with Crippen molar-refractivity contribution in [1.82, 2.24) is 20.5 Å². The Morgan fingerprint density at radius 1 is 1.25 bits per heavy atom. The van der Waals surface area contributed by atoms with Crippen LogP contribution in [0.5, 0.6) is 0 Å². The molecule has 2 aromatic heterocycles. The lowest BCUT2D eigenvalue weighted by atomic mass is 9.99. The second-order valence-corrected chi connectivity index (χ2v) is 7.18. The first-order valence-corrected chi connectivity index (χ1v) is 9.80. The van der Waals surface area contributed by atoms with Crippen LogP contribution in [0.4, 0.5) is 5.82 Å². The number of rotatable bonds is 6. The molecule has 0 bridgehead atoms. The third-order valence-corrected chi connectivity index (χ3v) is 5.33. The van der Waals surface area contributed by atoms with Crippen LogP contribution in [0.25, 0.3) is 10.9 Å². The molecule has 0 unspecified atom stereocenters. The van der Waals surface area contributed by atoms with E-state index in [4.69, 9.17) is 0 Å². The predicted molar refractivity (Wildman–Crippen MR) is 108 cm³/mol. The number of hydrogen-bond donors (Lipinski definition) is 3. The van der Waals surface area contributed by atoms with Crippen LogP contribution in [0.2, 0.25) is 0 Å². The van der Waals surface area contributed by atoms with Gasteiger partial charge in [-0.25, -0.2) is 4.98 Å². The third-order valence-electron chi connectivity index (χ3n) is 5.33. The summed E-state index contributed by atoms with van der Waals surface area (Å²) >= 11 is 0. The maximum Gasteiger partial charge on any atom is 0.272 e. The molecule has 3 N–H and O–H groups in total. The number of anilines is 1. The molecule has 3 heterocycles. The number of piperidine rings is 1. The average molecular weight is 379 g/mol. The first-order valence-electron chi connectivity index (χ1n) is 9.80. The lowest BCUT2D eigenvalue weighted by molar-refractivity contribution is 0.0947. The number of carbonyl (C=O) groups excluding carboxylic acids is 1. The van der Waals surface area contributed by atoms with Crippen molar-refractivity contribution < 1.29 is 9.90 Å². The number of nitrogens with one attached hydrogen (secondary N) is 2. The molecule has 7 heteroatoms. The zero-order valence-corrected chi connectivity index (χ0v) is 15.8. The number of aliphatic hydroxyl groups excluding tert-OH is 1. The second-order valence-electron chi connectivity index (χ2n) is 7.18. The molecule has 1 fully saturated rings. The van der Waals surface area contributed by atoms with E-state index in [0.717, 1.165) is 48.1 Å². The van der Waals surface area contributed by atoms with Gasteiger partial charge in [0.25, 0.3) is 5.91 Å². The van der Waals surface area contributed by atoms with Crippen molar-refractivity contribution in [1.29, 1.82) is 0 Å². The fourth-order valence-electron chi connectivity index (χ4n) is 3.85. The van der Waals surface area contributed by atoms with Gasteiger partial charge in [0.15, 0.2) is 5.69 Å². The Morgan fingerprint density at radius 3 is 2.96 bits per heavy atom. The summed E-state index contributed by atoms with van der Waals surface area (Å²) in [5, 5.41) is 20.0. The van der Waals surface area contributed by atoms with E-state index in [1.807, 2.05) is 42.6 Å². The van der Waals surface area contributed by atoms with E-state index in [9.17, 15) is 9.90 Å². The molecule has 0 spiro atoms. The molecule has 7 nitrogen and oxygen atoms in total. The van der Waals surface area contributed by atoms with E-state index in [2.05, 4.69) is 25.4 Å². The molecule has 4 rings (SSSR count). The lowest BCUT2D eigenvalue weighted by Crippen LogP contribution is -2.40. The summed E-state index contributed by atoms with van der Waals surface area (Å²) in [4.78, 5) is 19.4. The number of pyridine rings is 1. The highest BCUT2D eigenvalue weighted by Crippen LogP contribution is 2.25. The van der Waals surface area contributed by atoms with Crippen LogP contribution in [-0.2, 0) is 6.54 Å². The molecule has 1 atom stereocenters. The molecule has 1 saturated heterocycles. The number of nitrogens with zero attached hydrogens (tertiary/aromatic N) is 3. The normalized spacial score (nSPS) is 17.0. The fourth-order valence-corrected chi connectivity index (χ4v) is 3.85. The van der Waals surface area contributed by atoms with E-state index < -0.39 is 0 Å². The van der Waals surface area contributed by atoms with Crippen molar-refractivity contribution in [2.75, 3.05) is 18.1 Å². The number of amides is 1. The van der Waals surface area contributed by atoms with Gasteiger partial charge in [0.1, 0.15) is 5.82 Å². The quantitative estimate of drug-likeness (QED) is 0.612. The number of H-pyrrole nitrogens is 1. The van der Waals surface area contributed by atoms with Crippen molar-refractivity contribution in [3.05, 3.63) is 53.9 Å². The molecule has 1 amide bonds. The van der Waals surface area contributed by atoms with Gasteiger partial charge in [-0.1, -0.05) is 24.3 Å². The van der Waals surface area contributed by atoms with Gasteiger partial charge in [-0.2, -0.15) is 5.10 Å². The summed E-state index contributed by atoms with van der Waals surface area (Å²) in [5.74, 6) is 0.729. The van der Waals surface area contributed by atoms with E-state index >= 15 is 0 Å². The molecule has 1 aliphatic rings. The van der Waals surface area contributed by atoms with E-state index in [1.165, 1.54) is 6.42 Å². The van der Waals surface area contributed by atoms with Crippen molar-refractivity contribution in [3.8, 4) is 0 Å². The average Bonchev–Trinajstić information content (AvgIpc) is 3.17. The summed E-state index contributed by atoms with van der Waals surface area (Å²) in [6.45, 7) is 1.57. The van der Waals surface area contributed by atoms with Gasteiger partial charge in [-0.05, 0) is 43.4 Å². The molecule has 3 aromatic rings. The minimum atomic E-state index is -0.208. The van der Waals surface area contributed by atoms with E-state index in [-0.39, 0.29) is 12.5 Å². The summed E-state index contributed by atoms with van der Waals surface area (Å²) in [5.41, 5.74) is 2.19. The van der Waals surface area contributed by atoms with Gasteiger partial charge >= 0.3 is 0 Å². The van der Waals surface area contributed by atoms with Crippen LogP contribution in [0.1, 0.15) is 41.7 Å². The molecule has 0 saturated carbocycles. The summed E-state index contributed by atoms with van der Waals surface area (Å²) in [6, 6.07) is 11.9. The minimum absolute atomic E-state index is 0.202. The number of para-hydroxylation sites is 1. The first kappa shape index (κ1) is 18.4. The predicted octanol–water partition coefficient (Wildman–Crippen LogP) is 2.63. The molecule has 0 aliphatic carbocycles. The Balaban J connectivity index is 1.40. The summed E-state index contributed by atoms with van der Waals surface area (Å²) in [6.07, 6.45) is 6.03. The van der Waals surface area contributed by atoms with Gasteiger partial charge in [0.2, 0.25) is 0 Å². The van der Waals surface area contributed by atoms with Crippen molar-refractivity contribution in [2.24, 2.45) is 0 Å². The van der Waals surface area contributed by atoms with Crippen LogP contribution in [0, 0.1) is 0 Å². The standard InChI is InChI=1S/C21H25N5O2/c27-12-10-16-5-3-4-11-26(16)19-9-8-15(13-22-19)14-23-21(28)20-17-6-1-2-7-18(17)24-25-20/h1-2,6-9,13,16,27H,3-5,10-12,14H2,(H,23,28)(H,24,25)/t16-/m0/s1. The highest BCUT2D eigenvalue weighted by Gasteiger charge is 2.23. The SMILES string of the molecule is O=C(NCc1ccc(N2CCCC[C@H]2CCO)nc1)c1n[nH]c2ccccc12. The number of benzene rings is 1. The number of aromatic amines is 1. The highest BCUT2D eigenvalue weighted by molar-refractivity contribution is 6.04. The smallest absolute Gasteiger partial charge is 0.272 e. The molecular weight excluding hydrogens is 354 g/mol. The summed E-state index contributed by atoms with van der Waals surface area (Å²) in [7, 11) is 0. The monoisotopic (exact) mass is 379 g/mol. The van der Waals surface area contributed by atoms with Crippen molar-refractivity contribution >= 4 is 22.6 Å². The fraction of sp³-hybridized carbons (Fsp3) is 0.381. The van der Waals surface area contributed by atoms with Gasteiger partial charge in [0, 0.05) is 37.3 Å². The third kappa shape index (κ3) is 3.84. The Bertz CT molecular complexity index is 935. The number of fused-ring (bicyclic) bond motifs is 1. The number of aromatic nitrogens is 3. The zero-order chi connectivity index (χ0) is 19.3. The van der Waals surface area contributed by atoms with Gasteiger partial charge in [0.05, 0.1) is 5.52 Å². The molecule has 146 valence electrons. The number of aliphatic hydroxyl groups is 1. The van der Waals surface area contributed by atoms with Gasteiger partial charge in [-0.15, -0.1) is 0 Å². The van der Waals surface area contributed by atoms with Gasteiger partial charge in [-0.3, -0.25) is 9.89 Å². The topological polar surface area (TPSA) is 94.1 Å². The zero-order valence-electron chi connectivity index (χ0n) is 15.8. The Morgan fingerprint density at radius 2 is 2.14 bits per heavy atom. The largest absolute Gasteiger partial charge is 0.396 e. The second kappa shape index (κ2) is 8.39. The Labute approximate surface area is 163 Å². The van der Waals surface area contributed by atoms with Crippen molar-refractivity contribution in [3.63, 3.8) is 0 Å². The maximum absolute atomic E-state index is 12.5. The molecular formula is C21H25N5O2. The molecule has 0 radical (unpaired) electrons. The minimum Gasteiger partial charge on any atom is -0.396 e. The lowest BCUT2D eigenvalue weighted by Gasteiger charge is -2.36. The van der Waals surface area contributed by atoms with Crippen LogP contribution in [0.3, 0.4) is 0 Å². The molecule has 28 heavy (non-hydrogen) atoms. The van der Waals surface area contributed by atoms with Crippen LogP contribution in [-0.4, -0.2) is 45.4 Å². The Hall–Kier alpha value is -2.93. The molecule has 1 aromatic carbocycles. The number of hydrogen-bond acceptors (Lipinski definition) is 5. The first-order chi connectivity index (χ1) is 13.8. The number of carbonyl (C=O) groups is 1. The van der Waals surface area contributed by atoms with E-state index in [0.29, 0.717) is 18.3 Å². The van der Waals surface area contributed by atoms with E-state index in [1.54, 1.807) is 0 Å². The van der Waals surface area contributed by atoms with Crippen molar-refractivity contribution in [2.45, 2.75) is 38.3 Å². The van der Waals surface area contributed by atoms with Crippen LogP contribution in [0.15, 0.2) is 42.6 Å². The molecule has 1 aliphatic heterocycles. The van der Waals surface area contributed by atoms with Crippen LogP contribution >= 0.6 is 0 Å². The summed E-state index contributed by atoms with van der Waals surface area (Å²) < 4.78 is 0.